The van der Waals surface area contributed by atoms with E-state index in [1.807, 2.05) is 27.1 Å². The number of aromatic nitrogens is 4. The second-order valence-electron chi connectivity index (χ2n) is 3.38. The molecule has 0 aromatic carbocycles. The summed E-state index contributed by atoms with van der Waals surface area (Å²) in [6, 6.07) is 0. The summed E-state index contributed by atoms with van der Waals surface area (Å²) >= 11 is 0. The fourth-order valence-electron chi connectivity index (χ4n) is 1.37. The summed E-state index contributed by atoms with van der Waals surface area (Å²) < 4.78 is 1.78. The van der Waals surface area contributed by atoms with Gasteiger partial charge in [0.25, 0.3) is 0 Å². The Kier molecular flexibility index (Phi) is 2.04. The van der Waals surface area contributed by atoms with Crippen LogP contribution in [0.4, 0.5) is 0 Å². The van der Waals surface area contributed by atoms with E-state index in [9.17, 15) is 0 Å². The normalized spacial score (nSPS) is 10.5. The third kappa shape index (κ3) is 1.51. The molecule has 0 N–H and O–H groups in total. The molecule has 0 saturated carbocycles. The molecule has 0 atom stereocenters. The van der Waals surface area contributed by atoms with Crippen LogP contribution in [-0.2, 0) is 7.05 Å². The first-order valence-corrected chi connectivity index (χ1v) is 4.46. The van der Waals surface area contributed by atoms with E-state index in [4.69, 9.17) is 0 Å². The molecule has 0 aliphatic carbocycles. The van der Waals surface area contributed by atoms with Crippen molar-refractivity contribution in [2.24, 2.45) is 7.05 Å². The second kappa shape index (κ2) is 3.21. The first kappa shape index (κ1) is 8.87. The largest absolute Gasteiger partial charge is 0.275 e. The van der Waals surface area contributed by atoms with Crippen LogP contribution in [0.5, 0.6) is 0 Å². The maximum Gasteiger partial charge on any atom is 0.115 e. The minimum Gasteiger partial charge on any atom is -0.275 e. The van der Waals surface area contributed by atoms with Crippen molar-refractivity contribution in [3.8, 4) is 11.4 Å². The second-order valence-corrected chi connectivity index (χ2v) is 3.38. The van der Waals surface area contributed by atoms with Crippen LogP contribution in [0.25, 0.3) is 11.4 Å². The highest BCUT2D eigenvalue weighted by Gasteiger charge is 2.07. The first-order valence-electron chi connectivity index (χ1n) is 4.46. The van der Waals surface area contributed by atoms with E-state index in [2.05, 4.69) is 15.1 Å². The van der Waals surface area contributed by atoms with Gasteiger partial charge in [0.05, 0.1) is 11.9 Å². The Morgan fingerprint density at radius 3 is 2.43 bits per heavy atom. The molecular formula is C10H12N4. The lowest BCUT2D eigenvalue weighted by atomic mass is 10.2. The summed E-state index contributed by atoms with van der Waals surface area (Å²) in [5, 5.41) is 4.32. The molecule has 14 heavy (non-hydrogen) atoms. The molecule has 0 aliphatic rings. The van der Waals surface area contributed by atoms with Crippen molar-refractivity contribution in [3.63, 3.8) is 0 Å². The van der Waals surface area contributed by atoms with Gasteiger partial charge >= 0.3 is 0 Å². The van der Waals surface area contributed by atoms with Gasteiger partial charge in [-0.3, -0.25) is 14.6 Å². The van der Waals surface area contributed by atoms with Crippen LogP contribution in [0.1, 0.15) is 11.3 Å². The first-order chi connectivity index (χ1) is 6.66. The fourth-order valence-corrected chi connectivity index (χ4v) is 1.37. The summed E-state index contributed by atoms with van der Waals surface area (Å²) in [6.07, 6.45) is 5.48. The fraction of sp³-hybridized carbons (Fsp3) is 0.300. The molecule has 0 fully saturated rings. The van der Waals surface area contributed by atoms with E-state index in [-0.39, 0.29) is 0 Å². The summed E-state index contributed by atoms with van der Waals surface area (Å²) in [7, 11) is 1.90. The molecule has 2 aromatic heterocycles. The minimum atomic E-state index is 0.828. The maximum atomic E-state index is 4.32. The Hall–Kier alpha value is -1.71. The molecule has 2 aromatic rings. The molecule has 0 amide bonds. The van der Waals surface area contributed by atoms with Crippen LogP contribution in [-0.4, -0.2) is 19.7 Å². The van der Waals surface area contributed by atoms with Crippen LogP contribution in [0.15, 0.2) is 18.6 Å². The minimum absolute atomic E-state index is 0.828. The monoisotopic (exact) mass is 188 g/mol. The summed E-state index contributed by atoms with van der Waals surface area (Å²) in [5.41, 5.74) is 3.77. The molecule has 4 heteroatoms. The Morgan fingerprint density at radius 2 is 1.93 bits per heavy atom. The molecule has 2 heterocycles. The van der Waals surface area contributed by atoms with Crippen molar-refractivity contribution in [2.75, 3.05) is 0 Å². The predicted molar refractivity (Wildman–Crippen MR) is 53.7 cm³/mol. The van der Waals surface area contributed by atoms with E-state index >= 15 is 0 Å². The van der Waals surface area contributed by atoms with E-state index in [1.165, 1.54) is 0 Å². The van der Waals surface area contributed by atoms with Gasteiger partial charge in [-0.2, -0.15) is 5.10 Å². The molecular weight excluding hydrogens is 176 g/mol. The highest BCUT2D eigenvalue weighted by molar-refractivity contribution is 5.56. The van der Waals surface area contributed by atoms with Crippen LogP contribution >= 0.6 is 0 Å². The van der Waals surface area contributed by atoms with Gasteiger partial charge in [-0.15, -0.1) is 0 Å². The van der Waals surface area contributed by atoms with Crippen molar-refractivity contribution >= 4 is 0 Å². The highest BCUT2D eigenvalue weighted by atomic mass is 15.3. The molecule has 0 aliphatic heterocycles. The van der Waals surface area contributed by atoms with Gasteiger partial charge in [0.2, 0.25) is 0 Å². The van der Waals surface area contributed by atoms with Crippen molar-refractivity contribution in [1.82, 2.24) is 19.7 Å². The average Bonchev–Trinajstić information content (AvgIpc) is 2.47. The van der Waals surface area contributed by atoms with Crippen molar-refractivity contribution in [3.05, 3.63) is 29.8 Å². The van der Waals surface area contributed by atoms with E-state index < -0.39 is 0 Å². The summed E-state index contributed by atoms with van der Waals surface area (Å²) in [6.45, 7) is 3.94. The zero-order valence-electron chi connectivity index (χ0n) is 8.52. The van der Waals surface area contributed by atoms with Gasteiger partial charge in [-0.05, 0) is 19.4 Å². The summed E-state index contributed by atoms with van der Waals surface area (Å²) in [5.74, 6) is 0. The SMILES string of the molecule is Cc1cnc(-c2nn(C)cc2C)cn1. The van der Waals surface area contributed by atoms with Gasteiger partial charge in [-0.1, -0.05) is 0 Å². The van der Waals surface area contributed by atoms with Gasteiger partial charge in [0, 0.05) is 19.4 Å². The highest BCUT2D eigenvalue weighted by Crippen LogP contribution is 2.17. The Morgan fingerprint density at radius 1 is 1.14 bits per heavy atom. The quantitative estimate of drug-likeness (QED) is 0.681. The molecule has 0 saturated heterocycles. The van der Waals surface area contributed by atoms with Gasteiger partial charge < -0.3 is 0 Å². The molecule has 72 valence electrons. The Labute approximate surface area is 82.6 Å². The number of rotatable bonds is 1. The lowest BCUT2D eigenvalue weighted by Crippen LogP contribution is -1.91. The smallest absolute Gasteiger partial charge is 0.115 e. The molecule has 0 bridgehead atoms. The number of hydrogen-bond acceptors (Lipinski definition) is 3. The van der Waals surface area contributed by atoms with Gasteiger partial charge in [0.15, 0.2) is 0 Å². The van der Waals surface area contributed by atoms with E-state index in [1.54, 1.807) is 17.1 Å². The average molecular weight is 188 g/mol. The lowest BCUT2D eigenvalue weighted by molar-refractivity contribution is 0.769. The third-order valence-electron chi connectivity index (χ3n) is 2.04. The zero-order chi connectivity index (χ0) is 10.1. The van der Waals surface area contributed by atoms with Crippen molar-refractivity contribution in [1.29, 1.82) is 0 Å². The Bertz CT molecular complexity index is 442. The molecule has 0 unspecified atom stereocenters. The standard InChI is InChI=1S/C10H12N4/c1-7-6-14(3)13-10(7)9-5-11-8(2)4-12-9/h4-6H,1-3H3. The van der Waals surface area contributed by atoms with Crippen LogP contribution < -0.4 is 0 Å². The number of nitrogens with zero attached hydrogens (tertiary/aromatic N) is 4. The molecule has 2 rings (SSSR count). The molecule has 0 spiro atoms. The predicted octanol–water partition coefficient (Wildman–Crippen LogP) is 1.49. The van der Waals surface area contributed by atoms with Crippen molar-refractivity contribution < 1.29 is 0 Å². The molecule has 0 radical (unpaired) electrons. The van der Waals surface area contributed by atoms with E-state index in [0.29, 0.717) is 0 Å². The van der Waals surface area contributed by atoms with Crippen LogP contribution in [0.2, 0.25) is 0 Å². The van der Waals surface area contributed by atoms with Gasteiger partial charge in [0.1, 0.15) is 11.4 Å². The zero-order valence-corrected chi connectivity index (χ0v) is 8.52. The maximum absolute atomic E-state index is 4.32. The molecule has 4 nitrogen and oxygen atoms in total. The lowest BCUT2D eigenvalue weighted by Gasteiger charge is -1.96. The third-order valence-corrected chi connectivity index (χ3v) is 2.04. The number of aryl methyl sites for hydroxylation is 3. The Balaban J connectivity index is 2.49. The van der Waals surface area contributed by atoms with Crippen molar-refractivity contribution in [2.45, 2.75) is 13.8 Å². The van der Waals surface area contributed by atoms with Gasteiger partial charge in [-0.25, -0.2) is 0 Å². The summed E-state index contributed by atoms with van der Waals surface area (Å²) in [4.78, 5) is 8.48. The van der Waals surface area contributed by atoms with Crippen LogP contribution in [0.3, 0.4) is 0 Å². The number of hydrogen-bond donors (Lipinski definition) is 0. The topological polar surface area (TPSA) is 43.6 Å². The van der Waals surface area contributed by atoms with Crippen LogP contribution in [0, 0.1) is 13.8 Å². The van der Waals surface area contributed by atoms with E-state index in [0.717, 1.165) is 22.6 Å².